The molecule has 1 aliphatic rings. The van der Waals surface area contributed by atoms with Gasteiger partial charge in [-0.05, 0) is 30.7 Å². The van der Waals surface area contributed by atoms with Gasteiger partial charge in [-0.25, -0.2) is 0 Å². The van der Waals surface area contributed by atoms with Crippen LogP contribution >= 0.6 is 0 Å². The number of amides is 1. The second-order valence-corrected chi connectivity index (χ2v) is 6.57. The lowest BCUT2D eigenvalue weighted by atomic mass is 10.1. The lowest BCUT2D eigenvalue weighted by Gasteiger charge is -2.23. The van der Waals surface area contributed by atoms with Crippen molar-refractivity contribution in [1.29, 1.82) is 0 Å². The molecule has 0 saturated carbocycles. The van der Waals surface area contributed by atoms with Crippen molar-refractivity contribution in [2.24, 2.45) is 0 Å². The minimum atomic E-state index is -4.22. The Morgan fingerprint density at radius 3 is 2.37 bits per heavy atom. The van der Waals surface area contributed by atoms with Crippen molar-refractivity contribution in [3.63, 3.8) is 0 Å². The third-order valence-electron chi connectivity index (χ3n) is 4.49. The summed E-state index contributed by atoms with van der Waals surface area (Å²) in [4.78, 5) is 16.0. The summed E-state index contributed by atoms with van der Waals surface area (Å²) < 4.78 is 37.9. The molecule has 0 aliphatic carbocycles. The van der Waals surface area contributed by atoms with Crippen LogP contribution in [0, 0.1) is 0 Å². The molecule has 4 nitrogen and oxygen atoms in total. The molecule has 1 saturated heterocycles. The molecule has 0 bridgehead atoms. The molecular formula is C20H22F3N3O. The molecule has 2 aromatic rings. The standard InChI is InChI=1S/C20H22F3N3O/c21-20(22,23)15-25-11-6-12-26(14-13-25)19(27)17-9-4-5-10-18(17)24-16-7-2-1-3-8-16/h1-5,7-10,24H,6,11-15H2. The highest BCUT2D eigenvalue weighted by atomic mass is 19.4. The molecule has 1 heterocycles. The van der Waals surface area contributed by atoms with Crippen molar-refractivity contribution < 1.29 is 18.0 Å². The SMILES string of the molecule is O=C(c1ccccc1Nc1ccccc1)N1CCCN(CC(F)(F)F)CC1. The first-order valence-electron chi connectivity index (χ1n) is 8.92. The van der Waals surface area contributed by atoms with Crippen LogP contribution in [0.1, 0.15) is 16.8 Å². The van der Waals surface area contributed by atoms with Gasteiger partial charge in [0.15, 0.2) is 0 Å². The molecule has 1 fully saturated rings. The third kappa shape index (κ3) is 5.47. The number of rotatable bonds is 4. The molecule has 1 amide bonds. The van der Waals surface area contributed by atoms with Gasteiger partial charge in [0.05, 0.1) is 17.8 Å². The fraction of sp³-hybridized carbons (Fsp3) is 0.350. The van der Waals surface area contributed by atoms with E-state index in [1.54, 1.807) is 17.0 Å². The van der Waals surface area contributed by atoms with E-state index >= 15 is 0 Å². The number of hydrogen-bond acceptors (Lipinski definition) is 3. The number of para-hydroxylation sites is 2. The van der Waals surface area contributed by atoms with Crippen molar-refractivity contribution in [2.45, 2.75) is 12.6 Å². The monoisotopic (exact) mass is 377 g/mol. The molecule has 0 atom stereocenters. The number of alkyl halides is 3. The summed E-state index contributed by atoms with van der Waals surface area (Å²) in [6.45, 7) is 0.370. The first kappa shape index (κ1) is 19.2. The lowest BCUT2D eigenvalue weighted by molar-refractivity contribution is -0.145. The molecule has 27 heavy (non-hydrogen) atoms. The first-order chi connectivity index (χ1) is 12.9. The minimum absolute atomic E-state index is 0.164. The van der Waals surface area contributed by atoms with Crippen LogP contribution in [0.2, 0.25) is 0 Å². The summed E-state index contributed by atoms with van der Waals surface area (Å²) >= 11 is 0. The Balaban J connectivity index is 1.71. The number of carbonyl (C=O) groups is 1. The smallest absolute Gasteiger partial charge is 0.355 e. The predicted octanol–water partition coefficient (Wildman–Crippen LogP) is 4.14. The van der Waals surface area contributed by atoms with E-state index in [4.69, 9.17) is 0 Å². The van der Waals surface area contributed by atoms with Crippen LogP contribution in [0.5, 0.6) is 0 Å². The average Bonchev–Trinajstić information content (AvgIpc) is 2.86. The van der Waals surface area contributed by atoms with Crippen LogP contribution in [0.15, 0.2) is 54.6 Å². The van der Waals surface area contributed by atoms with E-state index in [9.17, 15) is 18.0 Å². The van der Waals surface area contributed by atoms with Gasteiger partial charge in [0.25, 0.3) is 5.91 Å². The van der Waals surface area contributed by atoms with Gasteiger partial charge >= 0.3 is 6.18 Å². The van der Waals surface area contributed by atoms with Gasteiger partial charge in [0.1, 0.15) is 0 Å². The third-order valence-corrected chi connectivity index (χ3v) is 4.49. The normalized spacial score (nSPS) is 16.0. The maximum absolute atomic E-state index is 13.0. The van der Waals surface area contributed by atoms with E-state index in [1.165, 1.54) is 4.90 Å². The Bertz CT molecular complexity index is 765. The second-order valence-electron chi connectivity index (χ2n) is 6.57. The molecule has 144 valence electrons. The summed E-state index contributed by atoms with van der Waals surface area (Å²) in [7, 11) is 0. The highest BCUT2D eigenvalue weighted by molar-refractivity contribution is 6.00. The molecule has 2 aromatic carbocycles. The Hall–Kier alpha value is -2.54. The first-order valence-corrected chi connectivity index (χ1v) is 8.92. The topological polar surface area (TPSA) is 35.6 Å². The van der Waals surface area contributed by atoms with Gasteiger partial charge < -0.3 is 10.2 Å². The Morgan fingerprint density at radius 1 is 0.926 bits per heavy atom. The van der Waals surface area contributed by atoms with E-state index in [0.717, 1.165) is 5.69 Å². The molecule has 3 rings (SSSR count). The van der Waals surface area contributed by atoms with Gasteiger partial charge in [0, 0.05) is 31.9 Å². The number of hydrogen-bond donors (Lipinski definition) is 1. The van der Waals surface area contributed by atoms with E-state index in [-0.39, 0.29) is 19.0 Å². The van der Waals surface area contributed by atoms with Crippen LogP contribution in [0.25, 0.3) is 0 Å². The Morgan fingerprint density at radius 2 is 1.63 bits per heavy atom. The molecule has 1 aliphatic heterocycles. The number of halogens is 3. The largest absolute Gasteiger partial charge is 0.401 e. The van der Waals surface area contributed by atoms with E-state index in [0.29, 0.717) is 30.8 Å². The maximum Gasteiger partial charge on any atom is 0.401 e. The van der Waals surface area contributed by atoms with Crippen molar-refractivity contribution in [1.82, 2.24) is 9.80 Å². The van der Waals surface area contributed by atoms with Crippen LogP contribution in [0.3, 0.4) is 0 Å². The van der Waals surface area contributed by atoms with E-state index < -0.39 is 12.7 Å². The number of nitrogens with one attached hydrogen (secondary N) is 1. The van der Waals surface area contributed by atoms with Gasteiger partial charge in [-0.15, -0.1) is 0 Å². The van der Waals surface area contributed by atoms with E-state index in [2.05, 4.69) is 5.32 Å². The summed E-state index contributed by atoms with van der Waals surface area (Å²) in [5.41, 5.74) is 2.07. The number of carbonyl (C=O) groups excluding carboxylic acids is 1. The van der Waals surface area contributed by atoms with Crippen molar-refractivity contribution in [2.75, 3.05) is 38.0 Å². The number of nitrogens with zero attached hydrogens (tertiary/aromatic N) is 2. The lowest BCUT2D eigenvalue weighted by Crippen LogP contribution is -2.38. The summed E-state index contributed by atoms with van der Waals surface area (Å²) in [5, 5.41) is 3.24. The fourth-order valence-electron chi connectivity index (χ4n) is 3.21. The van der Waals surface area contributed by atoms with Crippen LogP contribution < -0.4 is 5.32 Å². The summed E-state index contributed by atoms with van der Waals surface area (Å²) in [5.74, 6) is -0.164. The van der Waals surface area contributed by atoms with Gasteiger partial charge in [0.2, 0.25) is 0 Å². The average molecular weight is 377 g/mol. The van der Waals surface area contributed by atoms with Gasteiger partial charge in [-0.2, -0.15) is 13.2 Å². The zero-order chi connectivity index (χ0) is 19.3. The quantitative estimate of drug-likeness (QED) is 0.870. The zero-order valence-electron chi connectivity index (χ0n) is 14.9. The van der Waals surface area contributed by atoms with Gasteiger partial charge in [-0.1, -0.05) is 30.3 Å². The summed E-state index contributed by atoms with van der Waals surface area (Å²) in [6.07, 6.45) is -3.69. The second kappa shape index (κ2) is 8.43. The van der Waals surface area contributed by atoms with Crippen molar-refractivity contribution >= 4 is 17.3 Å². The molecule has 0 radical (unpaired) electrons. The Labute approximate surface area is 156 Å². The molecule has 0 unspecified atom stereocenters. The molecule has 0 aromatic heterocycles. The predicted molar refractivity (Wildman–Crippen MR) is 99.2 cm³/mol. The summed E-state index contributed by atoms with van der Waals surface area (Å²) in [6, 6.07) is 16.7. The highest BCUT2D eigenvalue weighted by Crippen LogP contribution is 2.23. The van der Waals surface area contributed by atoms with Crippen molar-refractivity contribution in [3.8, 4) is 0 Å². The molecule has 1 N–H and O–H groups in total. The molecular weight excluding hydrogens is 355 g/mol. The van der Waals surface area contributed by atoms with E-state index in [1.807, 2.05) is 42.5 Å². The molecule has 7 heteroatoms. The Kier molecular flexibility index (Phi) is 6.01. The molecule has 0 spiro atoms. The minimum Gasteiger partial charge on any atom is -0.355 e. The highest BCUT2D eigenvalue weighted by Gasteiger charge is 2.32. The number of benzene rings is 2. The zero-order valence-corrected chi connectivity index (χ0v) is 14.9. The fourth-order valence-corrected chi connectivity index (χ4v) is 3.21. The van der Waals surface area contributed by atoms with Crippen LogP contribution in [0.4, 0.5) is 24.5 Å². The maximum atomic E-state index is 13.0. The van der Waals surface area contributed by atoms with Crippen molar-refractivity contribution in [3.05, 3.63) is 60.2 Å². The van der Waals surface area contributed by atoms with Gasteiger partial charge in [-0.3, -0.25) is 9.69 Å². The van der Waals surface area contributed by atoms with Crippen LogP contribution in [-0.4, -0.2) is 54.6 Å². The number of anilines is 2. The van der Waals surface area contributed by atoms with Crippen LogP contribution in [-0.2, 0) is 0 Å².